The normalized spacial score (nSPS) is 11.2. The van der Waals surface area contributed by atoms with E-state index >= 15 is 0 Å². The molecule has 7 heteroatoms. The van der Waals surface area contributed by atoms with Gasteiger partial charge >= 0.3 is 0 Å². The van der Waals surface area contributed by atoms with E-state index in [1.165, 1.54) is 6.21 Å². The summed E-state index contributed by atoms with van der Waals surface area (Å²) in [6, 6.07) is 21.5. The number of hydrogen-bond donors (Lipinski definition) is 1. The average Bonchev–Trinajstić information content (AvgIpc) is 3.27. The second-order valence-corrected chi connectivity index (χ2v) is 7.99. The summed E-state index contributed by atoms with van der Waals surface area (Å²) in [4.78, 5) is 12.5. The Morgan fingerprint density at radius 2 is 1.66 bits per heavy atom. The van der Waals surface area contributed by atoms with Gasteiger partial charge in [0.1, 0.15) is 5.15 Å². The Morgan fingerprint density at radius 1 is 1.00 bits per heavy atom. The molecule has 4 aromatic rings. The molecule has 0 aliphatic rings. The highest BCUT2D eigenvalue weighted by molar-refractivity contribution is 6.32. The maximum Gasteiger partial charge on any atom is 0.271 e. The number of rotatable bonds is 6. The summed E-state index contributed by atoms with van der Waals surface area (Å²) in [5.74, 6) is -0.292. The molecule has 162 valence electrons. The molecule has 0 unspecified atom stereocenters. The molecule has 1 N–H and O–H groups in total. The molecule has 2 heterocycles. The lowest BCUT2D eigenvalue weighted by Crippen LogP contribution is -2.17. The van der Waals surface area contributed by atoms with Gasteiger partial charge in [-0.15, -0.1) is 0 Å². The van der Waals surface area contributed by atoms with Crippen molar-refractivity contribution in [1.29, 1.82) is 0 Å². The monoisotopic (exact) mass is 445 g/mol. The number of benzene rings is 2. The molecule has 0 bridgehead atoms. The number of nitrogens with zero attached hydrogens (tertiary/aromatic N) is 4. The largest absolute Gasteiger partial charge is 0.319 e. The molecule has 6 nitrogen and oxygen atoms in total. The van der Waals surface area contributed by atoms with Crippen LogP contribution in [-0.2, 0) is 6.54 Å². The Labute approximate surface area is 192 Å². The summed E-state index contributed by atoms with van der Waals surface area (Å²) in [7, 11) is 0. The van der Waals surface area contributed by atoms with Crippen molar-refractivity contribution in [1.82, 2.24) is 19.8 Å². The summed E-state index contributed by atoms with van der Waals surface area (Å²) in [6.45, 7) is 6.53. The molecule has 0 fully saturated rings. The zero-order valence-electron chi connectivity index (χ0n) is 18.2. The standard InChI is InChI=1S/C25H24ClN5O/c1-17-9-10-18(2)31(17)22-13-11-21(12-14-22)25(32)28-27-15-23-19(3)29-30(24(23)26)16-20-7-5-4-6-8-20/h4-15H,16H2,1-3H3,(H,28,32)/b27-15+. The molecule has 0 aliphatic carbocycles. The zero-order valence-corrected chi connectivity index (χ0v) is 19.0. The minimum Gasteiger partial charge on any atom is -0.319 e. The van der Waals surface area contributed by atoms with Gasteiger partial charge in [0.2, 0.25) is 0 Å². The Kier molecular flexibility index (Phi) is 6.23. The van der Waals surface area contributed by atoms with Gasteiger partial charge in [0.05, 0.1) is 24.0 Å². The van der Waals surface area contributed by atoms with E-state index in [9.17, 15) is 4.79 Å². The second-order valence-electron chi connectivity index (χ2n) is 7.63. The molecule has 2 aromatic heterocycles. The quantitative estimate of drug-likeness (QED) is 0.333. The highest BCUT2D eigenvalue weighted by atomic mass is 35.5. The van der Waals surface area contributed by atoms with Crippen molar-refractivity contribution in [3.63, 3.8) is 0 Å². The van der Waals surface area contributed by atoms with E-state index in [1.807, 2.05) is 49.4 Å². The van der Waals surface area contributed by atoms with Crippen LogP contribution in [0.15, 0.2) is 71.8 Å². The number of hydrogen-bond acceptors (Lipinski definition) is 3. The lowest BCUT2D eigenvalue weighted by Gasteiger charge is -2.10. The summed E-state index contributed by atoms with van der Waals surface area (Å²) < 4.78 is 3.86. The van der Waals surface area contributed by atoms with Crippen molar-refractivity contribution < 1.29 is 4.79 Å². The predicted octanol–water partition coefficient (Wildman–Crippen LogP) is 5.06. The first-order valence-electron chi connectivity index (χ1n) is 10.3. The molecular weight excluding hydrogens is 422 g/mol. The highest BCUT2D eigenvalue weighted by Gasteiger charge is 2.12. The van der Waals surface area contributed by atoms with Crippen molar-refractivity contribution in [3.8, 4) is 5.69 Å². The minimum atomic E-state index is -0.292. The fourth-order valence-corrected chi connectivity index (χ4v) is 3.92. The van der Waals surface area contributed by atoms with Crippen LogP contribution in [0.2, 0.25) is 5.15 Å². The number of hydrazone groups is 1. The van der Waals surface area contributed by atoms with Crippen LogP contribution in [0.25, 0.3) is 5.69 Å². The Balaban J connectivity index is 1.43. The molecule has 0 aliphatic heterocycles. The Hall–Kier alpha value is -3.64. The maximum absolute atomic E-state index is 12.5. The number of carbonyl (C=O) groups is 1. The van der Waals surface area contributed by atoms with Crippen molar-refractivity contribution in [2.45, 2.75) is 27.3 Å². The molecule has 0 radical (unpaired) electrons. The lowest BCUT2D eigenvalue weighted by molar-refractivity contribution is 0.0955. The second kappa shape index (κ2) is 9.24. The van der Waals surface area contributed by atoms with Crippen LogP contribution in [0, 0.1) is 20.8 Å². The molecule has 32 heavy (non-hydrogen) atoms. The summed E-state index contributed by atoms with van der Waals surface area (Å²) in [6.07, 6.45) is 1.53. The first kappa shape index (κ1) is 21.6. The van der Waals surface area contributed by atoms with Crippen molar-refractivity contribution in [3.05, 3.63) is 106 Å². The van der Waals surface area contributed by atoms with Crippen LogP contribution >= 0.6 is 11.6 Å². The molecule has 4 rings (SSSR count). The van der Waals surface area contributed by atoms with E-state index in [0.29, 0.717) is 22.8 Å². The zero-order chi connectivity index (χ0) is 22.7. The minimum absolute atomic E-state index is 0.292. The first-order valence-corrected chi connectivity index (χ1v) is 10.7. The van der Waals surface area contributed by atoms with Crippen LogP contribution in [0.3, 0.4) is 0 Å². The highest BCUT2D eigenvalue weighted by Crippen LogP contribution is 2.19. The van der Waals surface area contributed by atoms with Crippen LogP contribution in [0.1, 0.15) is 38.6 Å². The van der Waals surface area contributed by atoms with Crippen LogP contribution in [0.4, 0.5) is 0 Å². The van der Waals surface area contributed by atoms with Crippen molar-refractivity contribution in [2.24, 2.45) is 5.10 Å². The molecular formula is C25H24ClN5O. The van der Waals surface area contributed by atoms with Crippen molar-refractivity contribution >= 4 is 23.7 Å². The number of amides is 1. The third-order valence-electron chi connectivity index (χ3n) is 5.30. The Morgan fingerprint density at radius 3 is 2.31 bits per heavy atom. The van der Waals surface area contributed by atoms with Crippen LogP contribution < -0.4 is 5.43 Å². The van der Waals surface area contributed by atoms with Gasteiger partial charge in [0.25, 0.3) is 5.91 Å². The third-order valence-corrected chi connectivity index (χ3v) is 5.70. The summed E-state index contributed by atoms with van der Waals surface area (Å²) in [5, 5.41) is 9.06. The molecule has 1 amide bonds. The van der Waals surface area contributed by atoms with Gasteiger partial charge in [-0.1, -0.05) is 41.9 Å². The van der Waals surface area contributed by atoms with E-state index in [0.717, 1.165) is 28.3 Å². The fourth-order valence-electron chi connectivity index (χ4n) is 3.63. The number of aromatic nitrogens is 3. The van der Waals surface area contributed by atoms with Gasteiger partial charge in [-0.3, -0.25) is 4.79 Å². The van der Waals surface area contributed by atoms with Gasteiger partial charge in [0, 0.05) is 22.6 Å². The third kappa shape index (κ3) is 4.50. The van der Waals surface area contributed by atoms with Gasteiger partial charge in [-0.25, -0.2) is 10.1 Å². The summed E-state index contributed by atoms with van der Waals surface area (Å²) >= 11 is 6.50. The van der Waals surface area contributed by atoms with Crippen LogP contribution in [-0.4, -0.2) is 26.5 Å². The summed E-state index contributed by atoms with van der Waals surface area (Å²) in [5.41, 5.74) is 8.91. The van der Waals surface area contributed by atoms with Gasteiger partial charge in [-0.05, 0) is 62.7 Å². The van der Waals surface area contributed by atoms with E-state index in [2.05, 4.69) is 46.2 Å². The van der Waals surface area contributed by atoms with E-state index in [4.69, 9.17) is 11.6 Å². The lowest BCUT2D eigenvalue weighted by atomic mass is 10.2. The topological polar surface area (TPSA) is 64.2 Å². The Bertz CT molecular complexity index is 1250. The van der Waals surface area contributed by atoms with E-state index in [-0.39, 0.29) is 5.91 Å². The first-order chi connectivity index (χ1) is 15.4. The molecule has 0 saturated carbocycles. The maximum atomic E-state index is 12.5. The number of nitrogens with one attached hydrogen (secondary N) is 1. The SMILES string of the molecule is Cc1nn(Cc2ccccc2)c(Cl)c1/C=N/NC(=O)c1ccc(-n2c(C)ccc2C)cc1. The van der Waals surface area contributed by atoms with Gasteiger partial charge in [-0.2, -0.15) is 10.2 Å². The van der Waals surface area contributed by atoms with E-state index in [1.54, 1.807) is 16.8 Å². The molecule has 2 aromatic carbocycles. The van der Waals surface area contributed by atoms with Gasteiger partial charge < -0.3 is 4.57 Å². The van der Waals surface area contributed by atoms with Gasteiger partial charge in [0.15, 0.2) is 0 Å². The molecule has 0 saturated heterocycles. The fraction of sp³-hybridized carbons (Fsp3) is 0.160. The van der Waals surface area contributed by atoms with Crippen LogP contribution in [0.5, 0.6) is 0 Å². The molecule has 0 atom stereocenters. The van der Waals surface area contributed by atoms with E-state index < -0.39 is 0 Å². The molecule has 0 spiro atoms. The van der Waals surface area contributed by atoms with Crippen molar-refractivity contribution in [2.75, 3.05) is 0 Å². The smallest absolute Gasteiger partial charge is 0.271 e. The number of halogens is 1. The predicted molar refractivity (Wildman–Crippen MR) is 128 cm³/mol. The number of carbonyl (C=O) groups excluding carboxylic acids is 1. The average molecular weight is 446 g/mol. The number of aryl methyl sites for hydroxylation is 3.